The Morgan fingerprint density at radius 1 is 1.18 bits per heavy atom. The average Bonchev–Trinajstić information content (AvgIpc) is 3.55. The molecule has 0 spiro atoms. The normalized spacial score (nSPS) is 15.9. The highest BCUT2D eigenvalue weighted by molar-refractivity contribution is 6.02. The van der Waals surface area contributed by atoms with Crippen LogP contribution >= 0.6 is 0 Å². The summed E-state index contributed by atoms with van der Waals surface area (Å²) in [4.78, 5) is 16.5. The standard InChI is InChI=1S/C31H34N6O3/c1-21(22-6-3-2-4-7-22)40-31(38)35-24-12-10-23(11-13-24)30-29(32)27-18-26(39-17-16-36-20-33-19-34-36)14-15-28(27)37(30)25-8-5-9-25/h3,6-7,10-15,18-21,25H,2,4-5,8-9,16-17,32H2,1H3,(H,35,38)/t21-/m0/s1. The number of nitrogens with zero attached hydrogens (tertiary/aromatic N) is 4. The molecule has 0 bridgehead atoms. The number of benzene rings is 2. The van der Waals surface area contributed by atoms with Gasteiger partial charge in [0, 0.05) is 22.7 Å². The Balaban J connectivity index is 1.20. The van der Waals surface area contributed by atoms with Crippen LogP contribution in [-0.4, -0.2) is 38.1 Å². The number of carbonyl (C=O) groups excluding carboxylic acids is 1. The number of aromatic nitrogens is 4. The molecule has 2 heterocycles. The van der Waals surface area contributed by atoms with Crippen molar-refractivity contribution in [3.63, 3.8) is 0 Å². The molecule has 40 heavy (non-hydrogen) atoms. The summed E-state index contributed by atoms with van der Waals surface area (Å²) in [6.07, 6.45) is 14.1. The lowest BCUT2D eigenvalue weighted by atomic mass is 9.92. The predicted octanol–water partition coefficient (Wildman–Crippen LogP) is 6.50. The number of hydrogen-bond acceptors (Lipinski definition) is 6. The monoisotopic (exact) mass is 538 g/mol. The fourth-order valence-electron chi connectivity index (χ4n) is 5.35. The maximum atomic E-state index is 12.5. The number of amides is 1. The number of anilines is 2. The molecule has 4 aromatic rings. The Morgan fingerprint density at radius 2 is 2.02 bits per heavy atom. The number of hydrogen-bond donors (Lipinski definition) is 2. The Hall–Kier alpha value is -4.53. The van der Waals surface area contributed by atoms with Gasteiger partial charge in [0.25, 0.3) is 0 Å². The first kappa shape index (κ1) is 25.7. The fourth-order valence-corrected chi connectivity index (χ4v) is 5.35. The van der Waals surface area contributed by atoms with Gasteiger partial charge in [0.05, 0.1) is 23.4 Å². The van der Waals surface area contributed by atoms with Crippen LogP contribution in [-0.2, 0) is 11.3 Å². The number of rotatable bonds is 9. The van der Waals surface area contributed by atoms with E-state index in [-0.39, 0.29) is 6.10 Å². The number of nitrogen functional groups attached to an aromatic ring is 1. The van der Waals surface area contributed by atoms with Crippen LogP contribution in [0.25, 0.3) is 22.2 Å². The number of ether oxygens (including phenoxy) is 2. The molecule has 0 aliphatic heterocycles. The van der Waals surface area contributed by atoms with Crippen molar-refractivity contribution < 1.29 is 14.3 Å². The van der Waals surface area contributed by atoms with E-state index in [1.165, 1.54) is 12.7 Å². The van der Waals surface area contributed by atoms with Gasteiger partial charge in [0.2, 0.25) is 0 Å². The third-order valence-electron chi connectivity index (χ3n) is 7.69. The van der Waals surface area contributed by atoms with Gasteiger partial charge in [-0.05, 0) is 74.9 Å². The van der Waals surface area contributed by atoms with E-state index >= 15 is 0 Å². The highest BCUT2D eigenvalue weighted by Gasteiger charge is 2.27. The van der Waals surface area contributed by atoms with Crippen LogP contribution in [0.3, 0.4) is 0 Å². The quantitative estimate of drug-likeness (QED) is 0.252. The first-order valence-corrected chi connectivity index (χ1v) is 13.9. The number of nitrogens with one attached hydrogen (secondary N) is 1. The number of fused-ring (bicyclic) bond motifs is 1. The van der Waals surface area contributed by atoms with Crippen molar-refractivity contribution in [1.29, 1.82) is 0 Å². The van der Waals surface area contributed by atoms with Crippen molar-refractivity contribution in [2.45, 2.75) is 57.7 Å². The summed E-state index contributed by atoms with van der Waals surface area (Å²) in [5, 5.41) is 7.95. The molecule has 2 aromatic heterocycles. The minimum absolute atomic E-state index is 0.301. The third kappa shape index (κ3) is 5.32. The molecule has 3 N–H and O–H groups in total. The van der Waals surface area contributed by atoms with Crippen LogP contribution in [0.1, 0.15) is 45.1 Å². The van der Waals surface area contributed by atoms with Gasteiger partial charge in [-0.3, -0.25) is 5.32 Å². The predicted molar refractivity (Wildman–Crippen MR) is 156 cm³/mol. The van der Waals surface area contributed by atoms with Crippen LogP contribution in [0.15, 0.2) is 78.9 Å². The molecule has 2 aliphatic carbocycles. The summed E-state index contributed by atoms with van der Waals surface area (Å²) in [5.41, 5.74) is 12.3. The molecular weight excluding hydrogens is 504 g/mol. The SMILES string of the molecule is C[C@H](OC(=O)Nc1ccc(-c2c(N)c3cc(OCCn4cncn4)ccc3n2C2CCC2)cc1)C1=CCCC=C1. The number of carbonyl (C=O) groups is 1. The average molecular weight is 539 g/mol. The molecule has 1 fully saturated rings. The lowest BCUT2D eigenvalue weighted by Crippen LogP contribution is -2.21. The zero-order chi connectivity index (χ0) is 27.5. The minimum atomic E-state index is -0.473. The molecule has 1 amide bonds. The largest absolute Gasteiger partial charge is 0.492 e. The summed E-state index contributed by atoms with van der Waals surface area (Å²) >= 11 is 0. The van der Waals surface area contributed by atoms with E-state index in [0.29, 0.717) is 24.9 Å². The molecule has 0 saturated heterocycles. The molecule has 6 rings (SSSR count). The highest BCUT2D eigenvalue weighted by Crippen LogP contribution is 2.45. The van der Waals surface area contributed by atoms with Crippen molar-refractivity contribution in [3.05, 3.63) is 78.9 Å². The number of allylic oxidation sites excluding steroid dienone is 2. The molecule has 2 aliphatic rings. The molecule has 0 radical (unpaired) electrons. The summed E-state index contributed by atoms with van der Waals surface area (Å²) < 4.78 is 15.7. The maximum Gasteiger partial charge on any atom is 0.412 e. The Labute approximate surface area is 233 Å². The van der Waals surface area contributed by atoms with Crippen molar-refractivity contribution in [2.24, 2.45) is 0 Å². The van der Waals surface area contributed by atoms with E-state index < -0.39 is 6.09 Å². The van der Waals surface area contributed by atoms with Gasteiger partial charge in [0.15, 0.2) is 0 Å². The second-order valence-corrected chi connectivity index (χ2v) is 10.3. The summed E-state index contributed by atoms with van der Waals surface area (Å²) in [6, 6.07) is 14.3. The molecular formula is C31H34N6O3. The molecule has 9 heteroatoms. The molecule has 206 valence electrons. The van der Waals surface area contributed by atoms with Crippen molar-refractivity contribution in [3.8, 4) is 17.0 Å². The van der Waals surface area contributed by atoms with Crippen LogP contribution < -0.4 is 15.8 Å². The van der Waals surface area contributed by atoms with E-state index in [1.54, 1.807) is 11.0 Å². The Morgan fingerprint density at radius 3 is 2.73 bits per heavy atom. The highest BCUT2D eigenvalue weighted by atomic mass is 16.6. The van der Waals surface area contributed by atoms with Gasteiger partial charge in [0.1, 0.15) is 31.1 Å². The van der Waals surface area contributed by atoms with Gasteiger partial charge in [-0.25, -0.2) is 14.5 Å². The first-order chi connectivity index (χ1) is 19.6. The zero-order valence-electron chi connectivity index (χ0n) is 22.6. The molecule has 1 atom stereocenters. The molecule has 9 nitrogen and oxygen atoms in total. The van der Waals surface area contributed by atoms with E-state index in [1.807, 2.05) is 49.4 Å². The van der Waals surface area contributed by atoms with Gasteiger partial charge < -0.3 is 19.8 Å². The second kappa shape index (κ2) is 11.3. The molecule has 2 aromatic carbocycles. The van der Waals surface area contributed by atoms with E-state index in [2.05, 4.69) is 38.2 Å². The number of nitrogens with two attached hydrogens (primary N) is 1. The molecule has 0 unspecified atom stereocenters. The lowest BCUT2D eigenvalue weighted by molar-refractivity contribution is 0.138. The van der Waals surface area contributed by atoms with Gasteiger partial charge in [-0.2, -0.15) is 5.10 Å². The maximum absolute atomic E-state index is 12.5. The zero-order valence-corrected chi connectivity index (χ0v) is 22.6. The second-order valence-electron chi connectivity index (χ2n) is 10.3. The lowest BCUT2D eigenvalue weighted by Gasteiger charge is -2.30. The topological polar surface area (TPSA) is 109 Å². The van der Waals surface area contributed by atoms with Crippen LogP contribution in [0.5, 0.6) is 5.75 Å². The van der Waals surface area contributed by atoms with E-state index in [9.17, 15) is 4.79 Å². The van der Waals surface area contributed by atoms with Gasteiger partial charge >= 0.3 is 6.09 Å². The summed E-state index contributed by atoms with van der Waals surface area (Å²) in [6.45, 7) is 2.98. The molecule has 1 saturated carbocycles. The van der Waals surface area contributed by atoms with Crippen LogP contribution in [0, 0.1) is 0 Å². The third-order valence-corrected chi connectivity index (χ3v) is 7.69. The summed E-state index contributed by atoms with van der Waals surface area (Å²) in [5.74, 6) is 0.767. The minimum Gasteiger partial charge on any atom is -0.492 e. The van der Waals surface area contributed by atoms with Crippen LogP contribution in [0.2, 0.25) is 0 Å². The summed E-state index contributed by atoms with van der Waals surface area (Å²) in [7, 11) is 0. The Kier molecular flexibility index (Phi) is 7.27. The van der Waals surface area contributed by atoms with E-state index in [4.69, 9.17) is 15.2 Å². The van der Waals surface area contributed by atoms with E-state index in [0.717, 1.165) is 64.9 Å². The van der Waals surface area contributed by atoms with Crippen molar-refractivity contribution in [2.75, 3.05) is 17.7 Å². The van der Waals surface area contributed by atoms with Gasteiger partial charge in [-0.15, -0.1) is 0 Å². The van der Waals surface area contributed by atoms with Crippen LogP contribution in [0.4, 0.5) is 16.2 Å². The Bertz CT molecular complexity index is 1550. The first-order valence-electron chi connectivity index (χ1n) is 13.9. The smallest absolute Gasteiger partial charge is 0.412 e. The van der Waals surface area contributed by atoms with Crippen molar-refractivity contribution in [1.82, 2.24) is 19.3 Å². The fraction of sp³-hybridized carbons (Fsp3) is 0.323. The van der Waals surface area contributed by atoms with Gasteiger partial charge in [-0.1, -0.05) is 30.4 Å². The van der Waals surface area contributed by atoms with Crippen molar-refractivity contribution >= 4 is 28.4 Å².